The molecule has 0 aliphatic rings. The number of carbonyl (C=O) groups is 1. The number of benzene rings is 2. The maximum atomic E-state index is 12.6. The van der Waals surface area contributed by atoms with Crippen LogP contribution in [0.5, 0.6) is 11.5 Å². The average Bonchev–Trinajstić information content (AvgIpc) is 2.73. The Bertz CT molecular complexity index is 914. The van der Waals surface area contributed by atoms with Crippen molar-refractivity contribution in [2.24, 2.45) is 0 Å². The van der Waals surface area contributed by atoms with Crippen LogP contribution >= 0.6 is 0 Å². The minimum atomic E-state index is -0.237. The lowest BCUT2D eigenvalue weighted by molar-refractivity contribution is 0.0988. The maximum absolute atomic E-state index is 12.6. The van der Waals surface area contributed by atoms with Crippen molar-refractivity contribution in [3.8, 4) is 11.5 Å². The van der Waals surface area contributed by atoms with E-state index in [0.29, 0.717) is 23.0 Å². The first-order chi connectivity index (χ1) is 13.1. The SMILES string of the molecule is COc1ccc(OC)c(Nc2cnc(C(=O)N(C)c3ccccc3)cn2)c1. The summed E-state index contributed by atoms with van der Waals surface area (Å²) in [5.74, 6) is 1.57. The number of hydrogen-bond donors (Lipinski definition) is 1. The number of ether oxygens (including phenoxy) is 2. The highest BCUT2D eigenvalue weighted by atomic mass is 16.5. The fourth-order valence-corrected chi connectivity index (χ4v) is 2.49. The topological polar surface area (TPSA) is 76.6 Å². The Morgan fingerprint density at radius 1 is 1.00 bits per heavy atom. The molecule has 3 rings (SSSR count). The van der Waals surface area contributed by atoms with Crippen molar-refractivity contribution < 1.29 is 14.3 Å². The number of rotatable bonds is 6. The zero-order valence-electron chi connectivity index (χ0n) is 15.3. The third-order valence-electron chi connectivity index (χ3n) is 3.99. The number of para-hydroxylation sites is 1. The van der Waals surface area contributed by atoms with Gasteiger partial charge >= 0.3 is 0 Å². The predicted octanol–water partition coefficient (Wildman–Crippen LogP) is 3.51. The summed E-state index contributed by atoms with van der Waals surface area (Å²) < 4.78 is 10.6. The summed E-state index contributed by atoms with van der Waals surface area (Å²) in [6.45, 7) is 0. The van der Waals surface area contributed by atoms with Gasteiger partial charge in [-0.2, -0.15) is 0 Å². The second kappa shape index (κ2) is 8.18. The lowest BCUT2D eigenvalue weighted by atomic mass is 10.2. The van der Waals surface area contributed by atoms with Crippen molar-refractivity contribution in [1.82, 2.24) is 9.97 Å². The van der Waals surface area contributed by atoms with E-state index in [-0.39, 0.29) is 11.6 Å². The van der Waals surface area contributed by atoms with Crippen LogP contribution in [0.2, 0.25) is 0 Å². The highest BCUT2D eigenvalue weighted by Gasteiger charge is 2.15. The summed E-state index contributed by atoms with van der Waals surface area (Å²) in [5.41, 5.74) is 1.73. The van der Waals surface area contributed by atoms with Crippen LogP contribution in [0.25, 0.3) is 0 Å². The van der Waals surface area contributed by atoms with E-state index in [2.05, 4.69) is 15.3 Å². The highest BCUT2D eigenvalue weighted by molar-refractivity contribution is 6.04. The smallest absolute Gasteiger partial charge is 0.278 e. The van der Waals surface area contributed by atoms with E-state index >= 15 is 0 Å². The molecule has 0 aliphatic carbocycles. The van der Waals surface area contributed by atoms with Crippen LogP contribution in [0.3, 0.4) is 0 Å². The first-order valence-electron chi connectivity index (χ1n) is 8.26. The molecule has 138 valence electrons. The molecule has 0 radical (unpaired) electrons. The molecule has 7 heteroatoms. The maximum Gasteiger partial charge on any atom is 0.278 e. The number of anilines is 3. The van der Waals surface area contributed by atoms with Gasteiger partial charge in [-0.05, 0) is 24.3 Å². The average molecular weight is 364 g/mol. The van der Waals surface area contributed by atoms with Crippen molar-refractivity contribution in [2.45, 2.75) is 0 Å². The van der Waals surface area contributed by atoms with Gasteiger partial charge in [-0.1, -0.05) is 18.2 Å². The van der Waals surface area contributed by atoms with E-state index < -0.39 is 0 Å². The number of aromatic nitrogens is 2. The van der Waals surface area contributed by atoms with Gasteiger partial charge in [0.15, 0.2) is 0 Å². The van der Waals surface area contributed by atoms with Crippen molar-refractivity contribution in [1.29, 1.82) is 0 Å². The molecular weight excluding hydrogens is 344 g/mol. The van der Waals surface area contributed by atoms with Crippen molar-refractivity contribution in [2.75, 3.05) is 31.5 Å². The third kappa shape index (κ3) is 4.14. The summed E-state index contributed by atoms with van der Waals surface area (Å²) in [6, 6.07) is 14.8. The molecule has 0 fully saturated rings. The molecule has 1 amide bonds. The molecule has 0 saturated heterocycles. The van der Waals surface area contributed by atoms with Gasteiger partial charge < -0.3 is 19.7 Å². The van der Waals surface area contributed by atoms with E-state index in [0.717, 1.165) is 5.69 Å². The highest BCUT2D eigenvalue weighted by Crippen LogP contribution is 2.30. The van der Waals surface area contributed by atoms with Crippen molar-refractivity contribution in [3.05, 3.63) is 66.6 Å². The fourth-order valence-electron chi connectivity index (χ4n) is 2.49. The number of amides is 1. The van der Waals surface area contributed by atoms with Gasteiger partial charge in [-0.3, -0.25) is 4.79 Å². The molecule has 0 atom stereocenters. The lowest BCUT2D eigenvalue weighted by Crippen LogP contribution is -2.27. The van der Waals surface area contributed by atoms with Crippen molar-refractivity contribution >= 4 is 23.1 Å². The monoisotopic (exact) mass is 364 g/mol. The minimum Gasteiger partial charge on any atom is -0.497 e. The number of nitrogens with one attached hydrogen (secondary N) is 1. The molecule has 0 unspecified atom stereocenters. The molecule has 27 heavy (non-hydrogen) atoms. The zero-order valence-corrected chi connectivity index (χ0v) is 15.3. The van der Waals surface area contributed by atoms with Crippen LogP contribution < -0.4 is 19.7 Å². The van der Waals surface area contributed by atoms with E-state index in [1.54, 1.807) is 39.5 Å². The second-order valence-corrected chi connectivity index (χ2v) is 5.68. The standard InChI is InChI=1S/C20H20N4O3/c1-24(14-7-5-4-6-8-14)20(25)17-12-22-19(13-21-17)23-16-11-15(26-2)9-10-18(16)27-3/h4-13H,1-3H3,(H,22,23). The quantitative estimate of drug-likeness (QED) is 0.721. The van der Waals surface area contributed by atoms with Gasteiger partial charge in [0.25, 0.3) is 5.91 Å². The normalized spacial score (nSPS) is 10.2. The van der Waals surface area contributed by atoms with E-state index in [4.69, 9.17) is 9.47 Å². The van der Waals surface area contributed by atoms with Crippen LogP contribution in [0, 0.1) is 0 Å². The van der Waals surface area contributed by atoms with Crippen LogP contribution in [-0.2, 0) is 0 Å². The Labute approximate surface area is 157 Å². The molecule has 1 heterocycles. The second-order valence-electron chi connectivity index (χ2n) is 5.68. The number of carbonyl (C=O) groups excluding carboxylic acids is 1. The van der Waals surface area contributed by atoms with Gasteiger partial charge in [0, 0.05) is 18.8 Å². The molecule has 0 aliphatic heterocycles. The molecular formula is C20H20N4O3. The fraction of sp³-hybridized carbons (Fsp3) is 0.150. The Balaban J connectivity index is 1.77. The minimum absolute atomic E-state index is 0.237. The van der Waals surface area contributed by atoms with Crippen LogP contribution in [-0.4, -0.2) is 37.1 Å². The van der Waals surface area contributed by atoms with E-state index in [1.807, 2.05) is 30.3 Å². The van der Waals surface area contributed by atoms with Crippen molar-refractivity contribution in [3.63, 3.8) is 0 Å². The van der Waals surface area contributed by atoms with Gasteiger partial charge in [-0.25, -0.2) is 9.97 Å². The largest absolute Gasteiger partial charge is 0.497 e. The first-order valence-corrected chi connectivity index (χ1v) is 8.26. The lowest BCUT2D eigenvalue weighted by Gasteiger charge is -2.16. The third-order valence-corrected chi connectivity index (χ3v) is 3.99. The Morgan fingerprint density at radius 3 is 2.41 bits per heavy atom. The molecule has 1 aromatic heterocycles. The summed E-state index contributed by atoms with van der Waals surface area (Å²) in [6.07, 6.45) is 2.95. The van der Waals surface area contributed by atoms with Crippen LogP contribution in [0.15, 0.2) is 60.9 Å². The number of nitrogens with zero attached hydrogens (tertiary/aromatic N) is 3. The molecule has 0 saturated carbocycles. The first kappa shape index (κ1) is 18.2. The zero-order chi connectivity index (χ0) is 19.2. The summed E-state index contributed by atoms with van der Waals surface area (Å²) in [4.78, 5) is 22.6. The summed E-state index contributed by atoms with van der Waals surface area (Å²) in [5, 5.41) is 3.12. The van der Waals surface area contributed by atoms with Gasteiger partial charge in [-0.15, -0.1) is 0 Å². The van der Waals surface area contributed by atoms with Gasteiger partial charge in [0.2, 0.25) is 0 Å². The molecule has 0 bridgehead atoms. The molecule has 7 nitrogen and oxygen atoms in total. The molecule has 2 aromatic carbocycles. The van der Waals surface area contributed by atoms with E-state index in [1.165, 1.54) is 17.3 Å². The Hall–Kier alpha value is -3.61. The number of methoxy groups -OCH3 is 2. The van der Waals surface area contributed by atoms with Gasteiger partial charge in [0.1, 0.15) is 23.0 Å². The molecule has 1 N–H and O–H groups in total. The Morgan fingerprint density at radius 2 is 1.78 bits per heavy atom. The summed E-state index contributed by atoms with van der Waals surface area (Å²) >= 11 is 0. The summed E-state index contributed by atoms with van der Waals surface area (Å²) in [7, 11) is 4.88. The number of hydrogen-bond acceptors (Lipinski definition) is 6. The molecule has 3 aromatic rings. The van der Waals surface area contributed by atoms with E-state index in [9.17, 15) is 4.79 Å². The molecule has 0 spiro atoms. The van der Waals surface area contributed by atoms with Gasteiger partial charge in [0.05, 0.1) is 32.3 Å². The Kier molecular flexibility index (Phi) is 5.51. The predicted molar refractivity (Wildman–Crippen MR) is 104 cm³/mol. The van der Waals surface area contributed by atoms with Crippen LogP contribution in [0.4, 0.5) is 17.2 Å². The van der Waals surface area contributed by atoms with Crippen LogP contribution in [0.1, 0.15) is 10.5 Å².